The molecule has 0 aliphatic carbocycles. The van der Waals surface area contributed by atoms with Crippen LogP contribution in [-0.4, -0.2) is 31.6 Å². The van der Waals surface area contributed by atoms with E-state index in [4.69, 9.17) is 5.11 Å². The van der Waals surface area contributed by atoms with Crippen molar-refractivity contribution in [1.82, 2.24) is 14.8 Å². The second kappa shape index (κ2) is 4.33. The van der Waals surface area contributed by atoms with E-state index in [1.165, 1.54) is 12.2 Å². The van der Waals surface area contributed by atoms with Crippen LogP contribution in [0.5, 0.6) is 0 Å². The maximum Gasteiger partial charge on any atom is 0.307 e. The summed E-state index contributed by atoms with van der Waals surface area (Å²) in [6, 6.07) is 0. The van der Waals surface area contributed by atoms with Gasteiger partial charge in [0.15, 0.2) is 5.82 Å². The molecule has 3 heterocycles. The number of thioether (sulfide) groups is 1. The molecule has 1 saturated heterocycles. The van der Waals surface area contributed by atoms with Crippen molar-refractivity contribution in [2.24, 2.45) is 5.92 Å². The minimum atomic E-state index is -0.712. The van der Waals surface area contributed by atoms with Crippen molar-refractivity contribution in [2.75, 3.05) is 5.75 Å². The highest BCUT2D eigenvalue weighted by Crippen LogP contribution is 2.38. The van der Waals surface area contributed by atoms with Gasteiger partial charge in [0.2, 0.25) is 0 Å². The van der Waals surface area contributed by atoms with E-state index >= 15 is 0 Å². The SMILES string of the molecule is O=C(O)C1CCn2nc(C3CCCS3)nc2C1. The lowest BCUT2D eigenvalue weighted by Gasteiger charge is -2.17. The Labute approximate surface area is 104 Å². The summed E-state index contributed by atoms with van der Waals surface area (Å²) in [6.07, 6.45) is 3.58. The summed E-state index contributed by atoms with van der Waals surface area (Å²) in [6.45, 7) is 0.691. The summed E-state index contributed by atoms with van der Waals surface area (Å²) in [5, 5.41) is 14.0. The molecule has 3 rings (SSSR count). The van der Waals surface area contributed by atoms with Gasteiger partial charge >= 0.3 is 5.97 Å². The number of hydrogen-bond acceptors (Lipinski definition) is 4. The Bertz CT molecular complexity index is 440. The highest BCUT2D eigenvalue weighted by atomic mass is 32.2. The van der Waals surface area contributed by atoms with Gasteiger partial charge in [-0.2, -0.15) is 16.9 Å². The van der Waals surface area contributed by atoms with Crippen LogP contribution < -0.4 is 0 Å². The van der Waals surface area contributed by atoms with Gasteiger partial charge in [0, 0.05) is 13.0 Å². The number of hydrogen-bond donors (Lipinski definition) is 1. The van der Waals surface area contributed by atoms with E-state index in [2.05, 4.69) is 10.1 Å². The molecule has 2 aliphatic rings. The first-order valence-electron chi connectivity index (χ1n) is 6.02. The molecule has 1 N–H and O–H groups in total. The van der Waals surface area contributed by atoms with Gasteiger partial charge in [0.25, 0.3) is 0 Å². The molecule has 0 bridgehead atoms. The second-order valence-electron chi connectivity index (χ2n) is 4.64. The lowest BCUT2D eigenvalue weighted by Crippen LogP contribution is -2.26. The third-order valence-corrected chi connectivity index (χ3v) is 4.82. The van der Waals surface area contributed by atoms with Crippen LogP contribution in [0.25, 0.3) is 0 Å². The molecule has 17 heavy (non-hydrogen) atoms. The molecule has 0 aromatic carbocycles. The fraction of sp³-hybridized carbons (Fsp3) is 0.727. The minimum Gasteiger partial charge on any atom is -0.481 e. The Morgan fingerprint density at radius 3 is 3.06 bits per heavy atom. The number of aliphatic carboxylic acids is 1. The molecule has 0 saturated carbocycles. The van der Waals surface area contributed by atoms with Crippen molar-refractivity contribution in [3.05, 3.63) is 11.6 Å². The molecule has 2 unspecified atom stereocenters. The predicted octanol–water partition coefficient (Wildman–Crippen LogP) is 1.49. The van der Waals surface area contributed by atoms with E-state index < -0.39 is 5.97 Å². The van der Waals surface area contributed by atoms with E-state index in [9.17, 15) is 4.79 Å². The predicted molar refractivity (Wildman–Crippen MR) is 63.9 cm³/mol. The Hall–Kier alpha value is -1.04. The molecule has 6 heteroatoms. The molecule has 5 nitrogen and oxygen atoms in total. The number of fused-ring (bicyclic) bond motifs is 1. The normalized spacial score (nSPS) is 28.0. The number of aryl methyl sites for hydroxylation is 1. The van der Waals surface area contributed by atoms with Crippen molar-refractivity contribution in [1.29, 1.82) is 0 Å². The lowest BCUT2D eigenvalue weighted by molar-refractivity contribution is -0.142. The van der Waals surface area contributed by atoms with Crippen LogP contribution in [0.15, 0.2) is 0 Å². The number of rotatable bonds is 2. The Morgan fingerprint density at radius 2 is 2.35 bits per heavy atom. The first-order chi connectivity index (χ1) is 8.24. The molecule has 92 valence electrons. The number of carbonyl (C=O) groups is 1. The lowest BCUT2D eigenvalue weighted by atomic mass is 9.98. The molecule has 1 aromatic rings. The molecule has 1 fully saturated rings. The van der Waals surface area contributed by atoms with E-state index in [1.807, 2.05) is 16.4 Å². The molecule has 0 radical (unpaired) electrons. The zero-order valence-electron chi connectivity index (χ0n) is 9.50. The van der Waals surface area contributed by atoms with E-state index in [-0.39, 0.29) is 5.92 Å². The van der Waals surface area contributed by atoms with Crippen molar-refractivity contribution in [3.8, 4) is 0 Å². The van der Waals surface area contributed by atoms with Crippen LogP contribution in [0, 0.1) is 5.92 Å². The first-order valence-corrected chi connectivity index (χ1v) is 7.07. The molecule has 2 atom stereocenters. The molecular weight excluding hydrogens is 238 g/mol. The summed E-state index contributed by atoms with van der Waals surface area (Å²) in [5.74, 6) is 1.96. The Morgan fingerprint density at radius 1 is 1.47 bits per heavy atom. The Balaban J connectivity index is 1.81. The van der Waals surface area contributed by atoms with Crippen LogP contribution in [0.4, 0.5) is 0 Å². The number of carboxylic acid groups (broad SMARTS) is 1. The van der Waals surface area contributed by atoms with Crippen LogP contribution >= 0.6 is 11.8 Å². The zero-order chi connectivity index (χ0) is 11.8. The van der Waals surface area contributed by atoms with Gasteiger partial charge in [-0.3, -0.25) is 4.79 Å². The summed E-state index contributed by atoms with van der Waals surface area (Å²) < 4.78 is 1.90. The number of nitrogens with zero attached hydrogens (tertiary/aromatic N) is 3. The average Bonchev–Trinajstić information content (AvgIpc) is 2.96. The molecule has 1 aromatic heterocycles. The molecule has 0 spiro atoms. The van der Waals surface area contributed by atoms with E-state index in [1.54, 1.807) is 0 Å². The monoisotopic (exact) mass is 253 g/mol. The zero-order valence-corrected chi connectivity index (χ0v) is 10.3. The van der Waals surface area contributed by atoms with E-state index in [0.29, 0.717) is 24.6 Å². The van der Waals surface area contributed by atoms with Gasteiger partial charge < -0.3 is 5.11 Å². The van der Waals surface area contributed by atoms with Gasteiger partial charge in [-0.25, -0.2) is 9.67 Å². The second-order valence-corrected chi connectivity index (χ2v) is 5.95. The maximum atomic E-state index is 11.0. The number of carboxylic acids is 1. The van der Waals surface area contributed by atoms with Gasteiger partial charge in [0.05, 0.1) is 11.2 Å². The summed E-state index contributed by atoms with van der Waals surface area (Å²) in [7, 11) is 0. The average molecular weight is 253 g/mol. The van der Waals surface area contributed by atoms with Gasteiger partial charge in [-0.1, -0.05) is 0 Å². The third kappa shape index (κ3) is 2.06. The maximum absolute atomic E-state index is 11.0. The standard InChI is InChI=1S/C11H15N3O2S/c15-11(16)7-3-4-14-9(6-7)12-10(13-14)8-2-1-5-17-8/h7-8H,1-6H2,(H,15,16). The fourth-order valence-corrected chi connectivity index (χ4v) is 3.65. The van der Waals surface area contributed by atoms with Crippen molar-refractivity contribution < 1.29 is 9.90 Å². The van der Waals surface area contributed by atoms with E-state index in [0.717, 1.165) is 18.1 Å². The molecular formula is C11H15N3O2S. The van der Waals surface area contributed by atoms with Gasteiger partial charge in [0.1, 0.15) is 5.82 Å². The van der Waals surface area contributed by atoms with Crippen LogP contribution in [-0.2, 0) is 17.8 Å². The highest BCUT2D eigenvalue weighted by molar-refractivity contribution is 7.99. The van der Waals surface area contributed by atoms with Crippen molar-refractivity contribution in [2.45, 2.75) is 37.5 Å². The van der Waals surface area contributed by atoms with Gasteiger partial charge in [-0.05, 0) is 25.0 Å². The molecule has 0 amide bonds. The minimum absolute atomic E-state index is 0.282. The van der Waals surface area contributed by atoms with Crippen LogP contribution in [0.1, 0.15) is 36.2 Å². The topological polar surface area (TPSA) is 68.0 Å². The van der Waals surface area contributed by atoms with Crippen molar-refractivity contribution >= 4 is 17.7 Å². The summed E-state index contributed by atoms with van der Waals surface area (Å²) >= 11 is 1.91. The third-order valence-electron chi connectivity index (χ3n) is 3.45. The van der Waals surface area contributed by atoms with Crippen molar-refractivity contribution in [3.63, 3.8) is 0 Å². The highest BCUT2D eigenvalue weighted by Gasteiger charge is 2.29. The largest absolute Gasteiger partial charge is 0.481 e. The van der Waals surface area contributed by atoms with Gasteiger partial charge in [-0.15, -0.1) is 0 Å². The summed E-state index contributed by atoms with van der Waals surface area (Å²) in [5.41, 5.74) is 0. The fourth-order valence-electron chi connectivity index (χ4n) is 2.45. The quantitative estimate of drug-likeness (QED) is 0.865. The molecule has 2 aliphatic heterocycles. The van der Waals surface area contributed by atoms with Crippen LogP contribution in [0.2, 0.25) is 0 Å². The smallest absolute Gasteiger partial charge is 0.307 e. The first kappa shape index (κ1) is 11.1. The van der Waals surface area contributed by atoms with Crippen LogP contribution in [0.3, 0.4) is 0 Å². The Kier molecular flexibility index (Phi) is 2.82. The number of aromatic nitrogens is 3. The summed E-state index contributed by atoms with van der Waals surface area (Å²) in [4.78, 5) is 15.5.